The lowest BCUT2D eigenvalue weighted by Gasteiger charge is -2.11. The normalized spacial score (nSPS) is 14.2. The Labute approximate surface area is 102 Å². The minimum Gasteiger partial charge on any atom is -0.399 e. The first-order valence-corrected chi connectivity index (χ1v) is 6.23. The SMILES string of the molecule is CNC(=O)C(C)S(=O)c1cc(N)ccc1Cl. The van der Waals surface area contributed by atoms with Crippen LogP contribution >= 0.6 is 11.6 Å². The number of hydrogen-bond acceptors (Lipinski definition) is 3. The molecule has 0 aliphatic heterocycles. The van der Waals surface area contributed by atoms with E-state index in [2.05, 4.69) is 5.32 Å². The first kappa shape index (κ1) is 13.0. The van der Waals surface area contributed by atoms with E-state index >= 15 is 0 Å². The lowest BCUT2D eigenvalue weighted by molar-refractivity contribution is -0.119. The molecule has 2 atom stereocenters. The molecule has 0 saturated carbocycles. The molecule has 1 aromatic carbocycles. The van der Waals surface area contributed by atoms with Crippen LogP contribution in [0.15, 0.2) is 23.1 Å². The number of rotatable bonds is 3. The van der Waals surface area contributed by atoms with Gasteiger partial charge in [-0.15, -0.1) is 0 Å². The quantitative estimate of drug-likeness (QED) is 0.802. The summed E-state index contributed by atoms with van der Waals surface area (Å²) in [5, 5.41) is 2.13. The highest BCUT2D eigenvalue weighted by molar-refractivity contribution is 7.86. The molecular formula is C10H13ClN2O2S. The molecular weight excluding hydrogens is 248 g/mol. The third-order valence-corrected chi connectivity index (χ3v) is 4.18. The van der Waals surface area contributed by atoms with Gasteiger partial charge in [-0.25, -0.2) is 0 Å². The zero-order valence-corrected chi connectivity index (χ0v) is 10.6. The molecule has 0 fully saturated rings. The van der Waals surface area contributed by atoms with Crippen LogP contribution in [0.1, 0.15) is 6.92 Å². The number of anilines is 1. The predicted octanol–water partition coefficient (Wildman–Crippen LogP) is 1.16. The number of carbonyl (C=O) groups is 1. The Morgan fingerprint density at radius 1 is 1.56 bits per heavy atom. The van der Waals surface area contributed by atoms with E-state index in [0.717, 1.165) is 0 Å². The van der Waals surface area contributed by atoms with Crippen molar-refractivity contribution in [3.8, 4) is 0 Å². The van der Waals surface area contributed by atoms with Gasteiger partial charge in [0.25, 0.3) is 0 Å². The van der Waals surface area contributed by atoms with Gasteiger partial charge in [-0.1, -0.05) is 11.6 Å². The van der Waals surface area contributed by atoms with Gasteiger partial charge in [-0.3, -0.25) is 9.00 Å². The maximum atomic E-state index is 12.0. The minimum absolute atomic E-state index is 0.295. The van der Waals surface area contributed by atoms with Crippen LogP contribution < -0.4 is 11.1 Å². The van der Waals surface area contributed by atoms with E-state index in [-0.39, 0.29) is 5.91 Å². The van der Waals surface area contributed by atoms with Gasteiger partial charge in [-0.2, -0.15) is 0 Å². The van der Waals surface area contributed by atoms with Crippen LogP contribution in [-0.2, 0) is 15.6 Å². The second-order valence-electron chi connectivity index (χ2n) is 3.24. The third kappa shape index (κ3) is 2.74. The van der Waals surface area contributed by atoms with Crippen molar-refractivity contribution in [2.45, 2.75) is 17.1 Å². The van der Waals surface area contributed by atoms with E-state index in [9.17, 15) is 9.00 Å². The molecule has 0 heterocycles. The summed E-state index contributed by atoms with van der Waals surface area (Å²) in [6, 6.07) is 4.71. The number of nitrogens with one attached hydrogen (secondary N) is 1. The van der Waals surface area contributed by atoms with Crippen molar-refractivity contribution in [2.75, 3.05) is 12.8 Å². The third-order valence-electron chi connectivity index (χ3n) is 2.11. The van der Waals surface area contributed by atoms with Crippen molar-refractivity contribution in [3.63, 3.8) is 0 Å². The largest absolute Gasteiger partial charge is 0.399 e. The summed E-state index contributed by atoms with van der Waals surface area (Å²) >= 11 is 5.90. The molecule has 0 radical (unpaired) electrons. The molecule has 1 amide bonds. The standard InChI is InChI=1S/C10H13ClN2O2S/c1-6(10(14)13-2)16(15)9-5-7(12)3-4-8(9)11/h3-6H,12H2,1-2H3,(H,13,14). The van der Waals surface area contributed by atoms with Gasteiger partial charge in [0.1, 0.15) is 5.25 Å². The van der Waals surface area contributed by atoms with Crippen molar-refractivity contribution >= 4 is 34.0 Å². The summed E-state index contributed by atoms with van der Waals surface area (Å²) < 4.78 is 12.0. The molecule has 0 aliphatic rings. The highest BCUT2D eigenvalue weighted by Gasteiger charge is 2.22. The summed E-state index contributed by atoms with van der Waals surface area (Å²) in [7, 11) is -0.00695. The number of halogens is 1. The molecule has 1 aromatic rings. The Balaban J connectivity index is 3.05. The van der Waals surface area contributed by atoms with Crippen LogP contribution in [0.25, 0.3) is 0 Å². The fourth-order valence-corrected chi connectivity index (χ4v) is 2.72. The van der Waals surface area contributed by atoms with Gasteiger partial charge in [0, 0.05) is 12.7 Å². The smallest absolute Gasteiger partial charge is 0.235 e. The zero-order valence-electron chi connectivity index (χ0n) is 8.99. The van der Waals surface area contributed by atoms with Crippen molar-refractivity contribution < 1.29 is 9.00 Å². The molecule has 3 N–H and O–H groups in total. The van der Waals surface area contributed by atoms with Crippen molar-refractivity contribution in [2.24, 2.45) is 0 Å². The highest BCUT2D eigenvalue weighted by Crippen LogP contribution is 2.24. The Kier molecular flexibility index (Phi) is 4.32. The van der Waals surface area contributed by atoms with E-state index in [1.807, 2.05) is 0 Å². The van der Waals surface area contributed by atoms with Gasteiger partial charge in [0.15, 0.2) is 0 Å². The first-order chi connectivity index (χ1) is 7.47. The van der Waals surface area contributed by atoms with Gasteiger partial charge in [-0.05, 0) is 25.1 Å². The second kappa shape index (κ2) is 5.32. The summed E-state index contributed by atoms with van der Waals surface area (Å²) in [6.45, 7) is 1.58. The second-order valence-corrected chi connectivity index (χ2v) is 5.39. The predicted molar refractivity (Wildman–Crippen MR) is 65.8 cm³/mol. The number of amides is 1. The van der Waals surface area contributed by atoms with Crippen LogP contribution in [0.2, 0.25) is 5.02 Å². The summed E-state index contributed by atoms with van der Waals surface area (Å²) in [4.78, 5) is 11.7. The molecule has 0 aliphatic carbocycles. The maximum absolute atomic E-state index is 12.0. The van der Waals surface area contributed by atoms with Crippen molar-refractivity contribution in [1.29, 1.82) is 0 Å². The number of nitrogen functional groups attached to an aromatic ring is 1. The van der Waals surface area contributed by atoms with E-state index in [1.54, 1.807) is 19.1 Å². The fourth-order valence-electron chi connectivity index (χ4n) is 1.17. The fraction of sp³-hybridized carbons (Fsp3) is 0.300. The first-order valence-electron chi connectivity index (χ1n) is 4.64. The number of carbonyl (C=O) groups excluding carboxylic acids is 1. The van der Waals surface area contributed by atoms with Gasteiger partial charge in [0.2, 0.25) is 5.91 Å². The lowest BCUT2D eigenvalue weighted by atomic mass is 10.3. The molecule has 0 spiro atoms. The molecule has 0 bridgehead atoms. The van der Waals surface area contributed by atoms with Gasteiger partial charge in [0.05, 0.1) is 20.7 Å². The van der Waals surface area contributed by atoms with E-state index in [0.29, 0.717) is 15.6 Å². The topological polar surface area (TPSA) is 72.2 Å². The molecule has 0 aromatic heterocycles. The molecule has 1 rings (SSSR count). The minimum atomic E-state index is -1.50. The Morgan fingerprint density at radius 3 is 2.75 bits per heavy atom. The number of hydrogen-bond donors (Lipinski definition) is 2. The highest BCUT2D eigenvalue weighted by atomic mass is 35.5. The molecule has 6 heteroatoms. The van der Waals surface area contributed by atoms with Gasteiger partial charge >= 0.3 is 0 Å². The Morgan fingerprint density at radius 2 is 2.19 bits per heavy atom. The van der Waals surface area contributed by atoms with Crippen LogP contribution in [-0.4, -0.2) is 22.4 Å². The van der Waals surface area contributed by atoms with Gasteiger partial charge < -0.3 is 11.1 Å². The van der Waals surface area contributed by atoms with Crippen LogP contribution in [0.5, 0.6) is 0 Å². The molecule has 16 heavy (non-hydrogen) atoms. The molecule has 2 unspecified atom stereocenters. The van der Waals surface area contributed by atoms with Crippen LogP contribution in [0, 0.1) is 0 Å². The molecule has 88 valence electrons. The summed E-state index contributed by atoms with van der Waals surface area (Å²) in [5.41, 5.74) is 6.05. The summed E-state index contributed by atoms with van der Waals surface area (Å²) in [6.07, 6.45) is 0. The van der Waals surface area contributed by atoms with E-state index in [4.69, 9.17) is 17.3 Å². The van der Waals surface area contributed by atoms with Crippen LogP contribution in [0.4, 0.5) is 5.69 Å². The number of nitrogens with two attached hydrogens (primary N) is 1. The van der Waals surface area contributed by atoms with Crippen molar-refractivity contribution in [3.05, 3.63) is 23.2 Å². The molecule has 0 saturated heterocycles. The Bertz CT molecular complexity index is 437. The number of benzene rings is 1. The average Bonchev–Trinajstić information content (AvgIpc) is 2.29. The molecule has 4 nitrogen and oxygen atoms in total. The summed E-state index contributed by atoms with van der Waals surface area (Å²) in [5.74, 6) is -0.295. The Hall–Kier alpha value is -1.07. The zero-order chi connectivity index (χ0) is 12.3. The van der Waals surface area contributed by atoms with Crippen molar-refractivity contribution in [1.82, 2.24) is 5.32 Å². The lowest BCUT2D eigenvalue weighted by Crippen LogP contribution is -2.32. The maximum Gasteiger partial charge on any atom is 0.235 e. The average molecular weight is 261 g/mol. The van der Waals surface area contributed by atoms with E-state index in [1.165, 1.54) is 13.1 Å². The van der Waals surface area contributed by atoms with E-state index < -0.39 is 16.0 Å². The van der Waals surface area contributed by atoms with Crippen LogP contribution in [0.3, 0.4) is 0 Å². The monoisotopic (exact) mass is 260 g/mol.